The molecule has 0 spiro atoms. The van der Waals surface area contributed by atoms with E-state index in [0.717, 1.165) is 0 Å². The molecule has 0 aromatic rings. The maximum Gasteiger partial charge on any atom is 0.108 e. The Kier molecular flexibility index (Phi) is 2.91. The average molecular weight is 193 g/mol. The van der Waals surface area contributed by atoms with Gasteiger partial charge >= 0.3 is 0 Å². The molecule has 0 radical (unpaired) electrons. The Labute approximate surface area is 75.2 Å². The number of rotatable bonds is 2. The summed E-state index contributed by atoms with van der Waals surface area (Å²) in [4.78, 5) is 0. The SMILES string of the molecule is N[C@]1(CO)[C@@H](O)[C@H](O)[C@@H](O)[C@@H]1CO. The molecule has 0 bridgehead atoms. The number of hydrogen-bond donors (Lipinski definition) is 6. The second kappa shape index (κ2) is 3.49. The Morgan fingerprint density at radius 3 is 1.92 bits per heavy atom. The number of hydrogen-bond acceptors (Lipinski definition) is 6. The predicted octanol–water partition coefficient (Wildman–Crippen LogP) is -3.62. The molecule has 1 aliphatic rings. The van der Waals surface area contributed by atoms with Crippen LogP contribution in [-0.2, 0) is 0 Å². The number of nitrogens with two attached hydrogens (primary N) is 1. The van der Waals surface area contributed by atoms with E-state index in [1.165, 1.54) is 0 Å². The summed E-state index contributed by atoms with van der Waals surface area (Å²) in [5, 5.41) is 45.7. The molecule has 0 aliphatic heterocycles. The zero-order valence-corrected chi connectivity index (χ0v) is 7.04. The summed E-state index contributed by atoms with van der Waals surface area (Å²) >= 11 is 0. The third kappa shape index (κ3) is 1.35. The Balaban J connectivity index is 2.93. The van der Waals surface area contributed by atoms with Crippen LogP contribution in [0.2, 0.25) is 0 Å². The molecule has 0 saturated heterocycles. The van der Waals surface area contributed by atoms with E-state index in [4.69, 9.17) is 15.9 Å². The van der Waals surface area contributed by atoms with E-state index in [9.17, 15) is 15.3 Å². The maximum absolute atomic E-state index is 9.38. The van der Waals surface area contributed by atoms with Crippen molar-refractivity contribution in [1.82, 2.24) is 0 Å². The molecule has 1 saturated carbocycles. The number of aliphatic hydroxyl groups excluding tert-OH is 5. The summed E-state index contributed by atoms with van der Waals surface area (Å²) in [5.41, 5.74) is 4.02. The lowest BCUT2D eigenvalue weighted by molar-refractivity contribution is -0.0365. The molecule has 13 heavy (non-hydrogen) atoms. The fourth-order valence-corrected chi connectivity index (χ4v) is 1.77. The Bertz CT molecular complexity index is 190. The lowest BCUT2D eigenvalue weighted by Gasteiger charge is -2.31. The molecular weight excluding hydrogens is 178 g/mol. The molecule has 0 amide bonds. The molecule has 0 aromatic carbocycles. The van der Waals surface area contributed by atoms with E-state index >= 15 is 0 Å². The van der Waals surface area contributed by atoms with Crippen LogP contribution >= 0.6 is 0 Å². The molecule has 1 fully saturated rings. The van der Waals surface area contributed by atoms with E-state index in [1.807, 2.05) is 0 Å². The van der Waals surface area contributed by atoms with Gasteiger partial charge in [-0.05, 0) is 0 Å². The van der Waals surface area contributed by atoms with Crippen molar-refractivity contribution in [3.63, 3.8) is 0 Å². The van der Waals surface area contributed by atoms with Crippen molar-refractivity contribution >= 4 is 0 Å². The number of aliphatic hydroxyl groups is 5. The van der Waals surface area contributed by atoms with Crippen LogP contribution in [0.3, 0.4) is 0 Å². The van der Waals surface area contributed by atoms with Gasteiger partial charge in [0.1, 0.15) is 12.2 Å². The van der Waals surface area contributed by atoms with E-state index in [2.05, 4.69) is 0 Å². The van der Waals surface area contributed by atoms with Gasteiger partial charge in [0.05, 0.1) is 24.9 Å². The van der Waals surface area contributed by atoms with E-state index in [-0.39, 0.29) is 0 Å². The zero-order chi connectivity index (χ0) is 10.2. The van der Waals surface area contributed by atoms with Crippen molar-refractivity contribution in [3.05, 3.63) is 0 Å². The maximum atomic E-state index is 9.38. The summed E-state index contributed by atoms with van der Waals surface area (Å²) in [6, 6.07) is 0. The van der Waals surface area contributed by atoms with Crippen LogP contribution in [0.15, 0.2) is 0 Å². The Hall–Kier alpha value is -0.240. The highest BCUT2D eigenvalue weighted by Gasteiger charge is 2.56. The third-order valence-corrected chi connectivity index (χ3v) is 2.80. The first-order valence-electron chi connectivity index (χ1n) is 4.03. The molecule has 0 heterocycles. The smallest absolute Gasteiger partial charge is 0.108 e. The second-order valence-corrected chi connectivity index (χ2v) is 3.49. The fraction of sp³-hybridized carbons (Fsp3) is 1.00. The summed E-state index contributed by atoms with van der Waals surface area (Å²) in [5.74, 6) is -0.914. The van der Waals surface area contributed by atoms with Crippen LogP contribution in [0.5, 0.6) is 0 Å². The van der Waals surface area contributed by atoms with E-state index in [0.29, 0.717) is 0 Å². The van der Waals surface area contributed by atoms with Gasteiger partial charge in [-0.25, -0.2) is 0 Å². The van der Waals surface area contributed by atoms with Gasteiger partial charge in [0.2, 0.25) is 0 Å². The first kappa shape index (κ1) is 10.8. The van der Waals surface area contributed by atoms with Gasteiger partial charge in [-0.3, -0.25) is 0 Å². The minimum atomic E-state index is -1.53. The lowest BCUT2D eigenvalue weighted by Crippen LogP contribution is -2.57. The van der Waals surface area contributed by atoms with Crippen LogP contribution in [0.4, 0.5) is 0 Å². The van der Waals surface area contributed by atoms with Crippen LogP contribution in [0.1, 0.15) is 0 Å². The normalized spacial score (nSPS) is 51.2. The molecule has 1 rings (SSSR count). The molecule has 6 nitrogen and oxygen atoms in total. The third-order valence-electron chi connectivity index (χ3n) is 2.80. The van der Waals surface area contributed by atoms with Crippen LogP contribution in [0, 0.1) is 5.92 Å². The Morgan fingerprint density at radius 1 is 1.08 bits per heavy atom. The van der Waals surface area contributed by atoms with Crippen LogP contribution in [0.25, 0.3) is 0 Å². The molecule has 0 unspecified atom stereocenters. The molecule has 78 valence electrons. The van der Waals surface area contributed by atoms with Gasteiger partial charge in [0, 0.05) is 5.92 Å². The van der Waals surface area contributed by atoms with Crippen molar-refractivity contribution < 1.29 is 25.5 Å². The van der Waals surface area contributed by atoms with Gasteiger partial charge in [0.25, 0.3) is 0 Å². The highest BCUT2D eigenvalue weighted by Crippen LogP contribution is 2.34. The minimum Gasteiger partial charge on any atom is -0.396 e. The summed E-state index contributed by atoms with van der Waals surface area (Å²) in [6.45, 7) is -1.10. The molecule has 6 heteroatoms. The Morgan fingerprint density at radius 2 is 1.62 bits per heavy atom. The molecule has 1 aliphatic carbocycles. The molecule has 0 aromatic heterocycles. The van der Waals surface area contributed by atoms with Gasteiger partial charge in [-0.1, -0.05) is 0 Å². The van der Waals surface area contributed by atoms with Crippen LogP contribution < -0.4 is 5.73 Å². The lowest BCUT2D eigenvalue weighted by atomic mass is 9.87. The van der Waals surface area contributed by atoms with Gasteiger partial charge < -0.3 is 31.3 Å². The van der Waals surface area contributed by atoms with Crippen molar-refractivity contribution in [2.45, 2.75) is 23.9 Å². The van der Waals surface area contributed by atoms with Gasteiger partial charge in [-0.2, -0.15) is 0 Å². The van der Waals surface area contributed by atoms with E-state index in [1.54, 1.807) is 0 Å². The highest BCUT2D eigenvalue weighted by molar-refractivity contribution is 5.11. The van der Waals surface area contributed by atoms with Gasteiger partial charge in [0.15, 0.2) is 0 Å². The monoisotopic (exact) mass is 193 g/mol. The topological polar surface area (TPSA) is 127 Å². The minimum absolute atomic E-state index is 0.494. The summed E-state index contributed by atoms with van der Waals surface area (Å²) in [6.07, 6.45) is -4.16. The van der Waals surface area contributed by atoms with Crippen molar-refractivity contribution in [1.29, 1.82) is 0 Å². The van der Waals surface area contributed by atoms with Gasteiger partial charge in [-0.15, -0.1) is 0 Å². The van der Waals surface area contributed by atoms with E-state index < -0.39 is 43.0 Å². The fourth-order valence-electron chi connectivity index (χ4n) is 1.77. The molecule has 5 atom stereocenters. The molecular formula is C7H15NO5. The predicted molar refractivity (Wildman–Crippen MR) is 42.6 cm³/mol. The second-order valence-electron chi connectivity index (χ2n) is 3.49. The largest absolute Gasteiger partial charge is 0.396 e. The quantitative estimate of drug-likeness (QED) is 0.269. The first-order chi connectivity index (χ1) is 5.99. The zero-order valence-electron chi connectivity index (χ0n) is 7.04. The molecule has 7 N–H and O–H groups in total. The van der Waals surface area contributed by atoms with Crippen molar-refractivity contribution in [3.8, 4) is 0 Å². The first-order valence-corrected chi connectivity index (χ1v) is 4.03. The summed E-state index contributed by atoms with van der Waals surface area (Å²) in [7, 11) is 0. The van der Waals surface area contributed by atoms with Crippen LogP contribution in [-0.4, -0.2) is 62.6 Å². The highest BCUT2D eigenvalue weighted by atomic mass is 16.4. The van der Waals surface area contributed by atoms with Crippen molar-refractivity contribution in [2.75, 3.05) is 13.2 Å². The summed E-state index contributed by atoms with van der Waals surface area (Å²) < 4.78 is 0. The average Bonchev–Trinajstić information content (AvgIpc) is 2.29. The van der Waals surface area contributed by atoms with Crippen molar-refractivity contribution in [2.24, 2.45) is 11.7 Å². The standard InChI is InChI=1S/C7H15NO5/c8-7(2-10)3(1-9)4(11)5(12)6(7)13/h3-6,9-13H,1-2,8H2/t3-,4-,5+,6-,7-/m0/s1.